The smallest absolute Gasteiger partial charge is 0.0842 e. The fraction of sp³-hybridized carbons (Fsp3) is 0.647. The molecule has 0 aromatic heterocycles. The minimum Gasteiger partial charge on any atom is -0.390 e. The molecule has 2 heteroatoms. The molecule has 0 radical (unpaired) electrons. The molecular formula is C17H26O2. The zero-order chi connectivity index (χ0) is 13.8. The molecule has 0 bridgehead atoms. The van der Waals surface area contributed by atoms with Gasteiger partial charge in [0.25, 0.3) is 0 Å². The maximum Gasteiger partial charge on any atom is 0.0842 e. The zero-order valence-electron chi connectivity index (χ0n) is 12.1. The van der Waals surface area contributed by atoms with Crippen molar-refractivity contribution in [3.05, 3.63) is 34.9 Å². The molecule has 0 saturated heterocycles. The standard InChI is InChI=1S/C17H26O2/c1-12-7-6-8-13(2)15(12)11-16(18)17(19)14-9-4-3-5-10-14/h6-8,14,16-19H,3-5,9-11H2,1-2H3. The van der Waals surface area contributed by atoms with E-state index < -0.39 is 12.2 Å². The Labute approximate surface area is 116 Å². The molecule has 1 aromatic carbocycles. The van der Waals surface area contributed by atoms with Gasteiger partial charge in [-0.25, -0.2) is 0 Å². The Balaban J connectivity index is 2.01. The van der Waals surface area contributed by atoms with Crippen molar-refractivity contribution >= 4 is 0 Å². The van der Waals surface area contributed by atoms with E-state index in [-0.39, 0.29) is 5.92 Å². The third-order valence-electron chi connectivity index (χ3n) is 4.58. The van der Waals surface area contributed by atoms with Crippen LogP contribution in [0.4, 0.5) is 0 Å². The highest BCUT2D eigenvalue weighted by Gasteiger charge is 2.28. The Morgan fingerprint density at radius 3 is 2.21 bits per heavy atom. The molecule has 0 aliphatic heterocycles. The van der Waals surface area contributed by atoms with E-state index in [2.05, 4.69) is 26.0 Å². The largest absolute Gasteiger partial charge is 0.390 e. The molecule has 1 aliphatic carbocycles. The number of benzene rings is 1. The van der Waals surface area contributed by atoms with Crippen LogP contribution in [0.2, 0.25) is 0 Å². The minimum atomic E-state index is -0.636. The van der Waals surface area contributed by atoms with Crippen LogP contribution in [0.25, 0.3) is 0 Å². The summed E-state index contributed by atoms with van der Waals surface area (Å²) in [6.07, 6.45) is 5.14. The lowest BCUT2D eigenvalue weighted by molar-refractivity contribution is -0.0264. The highest BCUT2D eigenvalue weighted by molar-refractivity contribution is 5.34. The monoisotopic (exact) mass is 262 g/mol. The maximum atomic E-state index is 10.3. The normalized spacial score (nSPS) is 20.2. The van der Waals surface area contributed by atoms with Crippen LogP contribution >= 0.6 is 0 Å². The summed E-state index contributed by atoms with van der Waals surface area (Å²) in [5.74, 6) is 0.285. The Hall–Kier alpha value is -0.860. The second-order valence-corrected chi connectivity index (χ2v) is 6.03. The molecule has 0 amide bonds. The zero-order valence-corrected chi connectivity index (χ0v) is 12.1. The number of aryl methyl sites for hydroxylation is 2. The third-order valence-corrected chi connectivity index (χ3v) is 4.58. The van der Waals surface area contributed by atoms with E-state index in [1.807, 2.05) is 6.07 Å². The van der Waals surface area contributed by atoms with Crippen molar-refractivity contribution in [1.29, 1.82) is 0 Å². The molecule has 19 heavy (non-hydrogen) atoms. The average molecular weight is 262 g/mol. The predicted octanol–water partition coefficient (Wildman–Crippen LogP) is 3.15. The topological polar surface area (TPSA) is 40.5 Å². The summed E-state index contributed by atoms with van der Waals surface area (Å²) >= 11 is 0. The van der Waals surface area contributed by atoms with Crippen LogP contribution in [0.15, 0.2) is 18.2 Å². The lowest BCUT2D eigenvalue weighted by Gasteiger charge is -2.30. The summed E-state index contributed by atoms with van der Waals surface area (Å²) in [4.78, 5) is 0. The summed E-state index contributed by atoms with van der Waals surface area (Å²) in [5, 5.41) is 20.7. The van der Waals surface area contributed by atoms with Crippen molar-refractivity contribution in [2.24, 2.45) is 5.92 Å². The highest BCUT2D eigenvalue weighted by atomic mass is 16.3. The number of rotatable bonds is 4. The fourth-order valence-corrected chi connectivity index (χ4v) is 3.29. The molecule has 2 nitrogen and oxygen atoms in total. The molecule has 1 saturated carbocycles. The van der Waals surface area contributed by atoms with Crippen LogP contribution in [0.3, 0.4) is 0 Å². The lowest BCUT2D eigenvalue weighted by Crippen LogP contribution is -2.36. The van der Waals surface area contributed by atoms with Gasteiger partial charge in [-0.1, -0.05) is 37.5 Å². The summed E-state index contributed by atoms with van der Waals surface area (Å²) in [5.41, 5.74) is 3.59. The van der Waals surface area contributed by atoms with E-state index >= 15 is 0 Å². The van der Waals surface area contributed by atoms with Crippen LogP contribution in [0.1, 0.15) is 48.8 Å². The second kappa shape index (κ2) is 6.53. The van der Waals surface area contributed by atoms with E-state index in [1.54, 1.807) is 0 Å². The first-order valence-corrected chi connectivity index (χ1v) is 7.51. The Morgan fingerprint density at radius 1 is 1.05 bits per heavy atom. The average Bonchev–Trinajstić information content (AvgIpc) is 2.43. The van der Waals surface area contributed by atoms with Gasteiger partial charge in [-0.05, 0) is 49.3 Å². The van der Waals surface area contributed by atoms with Crippen molar-refractivity contribution in [3.63, 3.8) is 0 Å². The molecule has 1 aromatic rings. The molecule has 2 rings (SSSR count). The molecule has 0 spiro atoms. The number of aliphatic hydroxyl groups excluding tert-OH is 2. The Kier molecular flexibility index (Phi) is 5.00. The van der Waals surface area contributed by atoms with Crippen LogP contribution in [-0.4, -0.2) is 22.4 Å². The van der Waals surface area contributed by atoms with E-state index in [1.165, 1.54) is 36.0 Å². The highest BCUT2D eigenvalue weighted by Crippen LogP contribution is 2.29. The summed E-state index contributed by atoms with van der Waals surface area (Å²) in [7, 11) is 0. The van der Waals surface area contributed by atoms with E-state index in [0.29, 0.717) is 6.42 Å². The molecular weight excluding hydrogens is 236 g/mol. The van der Waals surface area contributed by atoms with Gasteiger partial charge in [0.05, 0.1) is 12.2 Å². The number of aliphatic hydroxyl groups is 2. The Morgan fingerprint density at radius 2 is 1.63 bits per heavy atom. The van der Waals surface area contributed by atoms with Crippen molar-refractivity contribution in [2.45, 2.75) is 64.6 Å². The van der Waals surface area contributed by atoms with Crippen LogP contribution in [0.5, 0.6) is 0 Å². The molecule has 2 atom stereocenters. The van der Waals surface area contributed by atoms with Gasteiger partial charge in [0, 0.05) is 6.42 Å². The van der Waals surface area contributed by atoms with Gasteiger partial charge in [-0.3, -0.25) is 0 Å². The van der Waals surface area contributed by atoms with Gasteiger partial charge in [0.1, 0.15) is 0 Å². The van der Waals surface area contributed by atoms with Gasteiger partial charge in [-0.15, -0.1) is 0 Å². The fourth-order valence-electron chi connectivity index (χ4n) is 3.29. The SMILES string of the molecule is Cc1cccc(C)c1CC(O)C(O)C1CCCCC1. The van der Waals surface area contributed by atoms with Crippen LogP contribution in [-0.2, 0) is 6.42 Å². The third kappa shape index (κ3) is 3.58. The van der Waals surface area contributed by atoms with Gasteiger partial charge in [0.15, 0.2) is 0 Å². The predicted molar refractivity (Wildman–Crippen MR) is 78.2 cm³/mol. The first-order chi connectivity index (χ1) is 9.09. The molecule has 106 valence electrons. The summed E-state index contributed by atoms with van der Waals surface area (Å²) in [6.45, 7) is 4.14. The minimum absolute atomic E-state index is 0.285. The van der Waals surface area contributed by atoms with Gasteiger partial charge in [-0.2, -0.15) is 0 Å². The van der Waals surface area contributed by atoms with E-state index in [4.69, 9.17) is 0 Å². The van der Waals surface area contributed by atoms with Gasteiger partial charge >= 0.3 is 0 Å². The van der Waals surface area contributed by atoms with Crippen molar-refractivity contribution in [2.75, 3.05) is 0 Å². The van der Waals surface area contributed by atoms with Gasteiger partial charge in [0.2, 0.25) is 0 Å². The molecule has 1 aliphatic rings. The van der Waals surface area contributed by atoms with Crippen molar-refractivity contribution in [1.82, 2.24) is 0 Å². The summed E-state index contributed by atoms with van der Waals surface area (Å²) < 4.78 is 0. The summed E-state index contributed by atoms with van der Waals surface area (Å²) in [6, 6.07) is 6.18. The first-order valence-electron chi connectivity index (χ1n) is 7.51. The maximum absolute atomic E-state index is 10.3. The molecule has 0 heterocycles. The molecule has 1 fully saturated rings. The molecule has 2 unspecified atom stereocenters. The first kappa shape index (κ1) is 14.5. The number of hydrogen-bond acceptors (Lipinski definition) is 2. The van der Waals surface area contributed by atoms with Crippen molar-refractivity contribution in [3.8, 4) is 0 Å². The van der Waals surface area contributed by atoms with E-state index in [9.17, 15) is 10.2 Å². The second-order valence-electron chi connectivity index (χ2n) is 6.03. The van der Waals surface area contributed by atoms with Crippen LogP contribution in [0, 0.1) is 19.8 Å². The molecule has 2 N–H and O–H groups in total. The quantitative estimate of drug-likeness (QED) is 0.875. The van der Waals surface area contributed by atoms with Crippen LogP contribution < -0.4 is 0 Å². The lowest BCUT2D eigenvalue weighted by atomic mass is 9.81. The van der Waals surface area contributed by atoms with Gasteiger partial charge < -0.3 is 10.2 Å². The Bertz CT molecular complexity index is 387. The number of hydrogen-bond donors (Lipinski definition) is 2. The van der Waals surface area contributed by atoms with E-state index in [0.717, 1.165) is 12.8 Å². The van der Waals surface area contributed by atoms with Crippen molar-refractivity contribution < 1.29 is 10.2 Å².